The molecule has 3 aliphatic carbocycles. The Morgan fingerprint density at radius 1 is 1.14 bits per heavy atom. The molecule has 2 aromatic rings. The van der Waals surface area contributed by atoms with Gasteiger partial charge in [-0.25, -0.2) is 8.42 Å². The van der Waals surface area contributed by atoms with Crippen molar-refractivity contribution in [1.29, 1.82) is 0 Å². The first-order valence-corrected chi connectivity index (χ1v) is 16.5. The fourth-order valence-electron chi connectivity index (χ4n) is 7.90. The summed E-state index contributed by atoms with van der Waals surface area (Å²) in [6, 6.07) is 8.65. The molecule has 10 nitrogen and oxygen atoms in total. The standard InChI is InChI=1S/C32H41N3O7S/c1-18(2)33-30(38)24-16-32(39)26-15-21-7-12-25(36)29(37)27(21)31(32,13-14-35(26)17-20-5-6-20)19(3)28(24)34-43(40,41)23-10-8-22(42-4)9-11-23/h7-12,18-20,26,34,36-37,39H,5-6,13-17H2,1-4H3,(H,33,38)/t19-,26+,31+,32+/m0/s1. The number of phenols is 2. The van der Waals surface area contributed by atoms with E-state index >= 15 is 0 Å². The Labute approximate surface area is 252 Å². The number of carbonyl (C=O) groups excluding carboxylic acids is 1. The van der Waals surface area contributed by atoms with Gasteiger partial charge in [-0.1, -0.05) is 13.0 Å². The molecule has 0 radical (unpaired) electrons. The van der Waals surface area contributed by atoms with Gasteiger partial charge in [0.2, 0.25) is 5.91 Å². The molecule has 1 aliphatic heterocycles. The number of aliphatic hydroxyl groups is 1. The topological polar surface area (TPSA) is 148 Å². The summed E-state index contributed by atoms with van der Waals surface area (Å²) in [7, 11) is -2.67. The van der Waals surface area contributed by atoms with E-state index < -0.39 is 32.9 Å². The average Bonchev–Trinajstić information content (AvgIpc) is 3.77. The number of likely N-dealkylation sites (tertiary alicyclic amines) is 1. The molecule has 1 heterocycles. The van der Waals surface area contributed by atoms with E-state index in [9.17, 15) is 28.5 Å². The van der Waals surface area contributed by atoms with Gasteiger partial charge in [-0.3, -0.25) is 14.4 Å². The third-order valence-corrected chi connectivity index (χ3v) is 11.5. The molecule has 5 N–H and O–H groups in total. The van der Waals surface area contributed by atoms with E-state index in [0.29, 0.717) is 36.6 Å². The maximum Gasteiger partial charge on any atom is 0.261 e. The van der Waals surface area contributed by atoms with Gasteiger partial charge in [0.15, 0.2) is 11.5 Å². The molecule has 4 aliphatic rings. The van der Waals surface area contributed by atoms with E-state index in [2.05, 4.69) is 14.9 Å². The number of methoxy groups -OCH3 is 1. The van der Waals surface area contributed by atoms with E-state index in [-0.39, 0.29) is 46.2 Å². The minimum atomic E-state index is -4.16. The maximum atomic E-state index is 13.8. The first-order chi connectivity index (χ1) is 20.3. The normalized spacial score (nSPS) is 28.7. The van der Waals surface area contributed by atoms with Gasteiger partial charge in [-0.15, -0.1) is 0 Å². The van der Waals surface area contributed by atoms with Crippen LogP contribution in [0, 0.1) is 11.8 Å². The maximum absolute atomic E-state index is 13.8. The summed E-state index contributed by atoms with van der Waals surface area (Å²) >= 11 is 0. The lowest BCUT2D eigenvalue weighted by Gasteiger charge is -2.66. The van der Waals surface area contributed by atoms with E-state index in [1.165, 1.54) is 25.3 Å². The molecule has 0 aromatic heterocycles. The largest absolute Gasteiger partial charge is 0.504 e. The highest BCUT2D eigenvalue weighted by molar-refractivity contribution is 7.89. The quantitative estimate of drug-likeness (QED) is 0.286. The summed E-state index contributed by atoms with van der Waals surface area (Å²) in [6.45, 7) is 6.93. The number of hydrogen-bond acceptors (Lipinski definition) is 8. The van der Waals surface area contributed by atoms with Crippen molar-refractivity contribution in [3.05, 3.63) is 58.8 Å². The van der Waals surface area contributed by atoms with E-state index in [1.54, 1.807) is 18.2 Å². The number of carbonyl (C=O) groups is 1. The highest BCUT2D eigenvalue weighted by Gasteiger charge is 2.69. The fraction of sp³-hybridized carbons (Fsp3) is 0.531. The lowest BCUT2D eigenvalue weighted by molar-refractivity contribution is -0.167. The number of fused-ring (bicyclic) bond motifs is 1. The van der Waals surface area contributed by atoms with Crippen LogP contribution in [0.15, 0.2) is 52.6 Å². The molecule has 2 aromatic carbocycles. The molecule has 2 bridgehead atoms. The van der Waals surface area contributed by atoms with Gasteiger partial charge in [0, 0.05) is 53.2 Å². The van der Waals surface area contributed by atoms with E-state index in [4.69, 9.17) is 4.74 Å². The third kappa shape index (κ3) is 4.67. The second-order valence-corrected chi connectivity index (χ2v) is 14.7. The fourth-order valence-corrected chi connectivity index (χ4v) is 9.10. The summed E-state index contributed by atoms with van der Waals surface area (Å²) in [6.07, 6.45) is 3.02. The van der Waals surface area contributed by atoms with Crippen LogP contribution in [0.1, 0.15) is 57.6 Å². The minimum Gasteiger partial charge on any atom is -0.504 e. The molecule has 0 spiro atoms. The summed E-state index contributed by atoms with van der Waals surface area (Å²) in [5.41, 5.74) is -1.08. The van der Waals surface area contributed by atoms with Gasteiger partial charge in [0.25, 0.3) is 10.0 Å². The van der Waals surface area contributed by atoms with Crippen molar-refractivity contribution in [2.75, 3.05) is 20.2 Å². The molecule has 4 atom stereocenters. The lowest BCUT2D eigenvalue weighted by atomic mass is 9.46. The molecule has 1 amide bonds. The summed E-state index contributed by atoms with van der Waals surface area (Å²) < 4.78 is 35.6. The number of rotatable bonds is 8. The zero-order valence-corrected chi connectivity index (χ0v) is 25.9. The molecule has 6 rings (SSSR count). The molecule has 43 heavy (non-hydrogen) atoms. The van der Waals surface area contributed by atoms with Crippen LogP contribution < -0.4 is 14.8 Å². The second kappa shape index (κ2) is 10.4. The van der Waals surface area contributed by atoms with Gasteiger partial charge in [-0.05, 0) is 87.9 Å². The molecular formula is C32H41N3O7S. The average molecular weight is 612 g/mol. The lowest BCUT2D eigenvalue weighted by Crippen LogP contribution is -2.75. The number of sulfonamides is 1. The van der Waals surface area contributed by atoms with Crippen molar-refractivity contribution in [2.24, 2.45) is 11.8 Å². The summed E-state index contributed by atoms with van der Waals surface area (Å²) in [5, 5.41) is 37.9. The van der Waals surface area contributed by atoms with Crippen molar-refractivity contribution in [1.82, 2.24) is 14.9 Å². The highest BCUT2D eigenvalue weighted by Crippen LogP contribution is 2.64. The Morgan fingerprint density at radius 2 is 1.84 bits per heavy atom. The van der Waals surface area contributed by atoms with Crippen molar-refractivity contribution >= 4 is 15.9 Å². The molecule has 2 fully saturated rings. The number of phenolic OH excluding ortho intramolecular Hbond substituents is 2. The van der Waals surface area contributed by atoms with Crippen molar-refractivity contribution in [3.63, 3.8) is 0 Å². The van der Waals surface area contributed by atoms with Crippen LogP contribution in [-0.2, 0) is 26.7 Å². The number of aromatic hydroxyl groups is 2. The smallest absolute Gasteiger partial charge is 0.261 e. The van der Waals surface area contributed by atoms with Gasteiger partial charge < -0.3 is 25.4 Å². The second-order valence-electron chi connectivity index (χ2n) is 13.0. The molecule has 1 saturated heterocycles. The Hall–Kier alpha value is -3.28. The predicted molar refractivity (Wildman–Crippen MR) is 160 cm³/mol. The number of nitrogens with zero attached hydrogens (tertiary/aromatic N) is 1. The van der Waals surface area contributed by atoms with Gasteiger partial charge in [-0.2, -0.15) is 0 Å². The molecule has 232 valence electrons. The van der Waals surface area contributed by atoms with Crippen molar-refractivity contribution < 1.29 is 33.3 Å². The number of hydrogen-bond donors (Lipinski definition) is 5. The molecular weight excluding hydrogens is 570 g/mol. The zero-order valence-electron chi connectivity index (χ0n) is 25.1. The molecule has 11 heteroatoms. The van der Waals surface area contributed by atoms with Crippen LogP contribution in [0.25, 0.3) is 0 Å². The van der Waals surface area contributed by atoms with Crippen LogP contribution in [-0.4, -0.2) is 72.4 Å². The SMILES string of the molecule is COc1ccc(S(=O)(=O)NC2=C(C(=O)NC(C)C)C[C@@]3(O)[C@H]4Cc5ccc(O)c(O)c5[C@@]3(CCN4CC3CC3)[C@H]2C)cc1. The van der Waals surface area contributed by atoms with Crippen LogP contribution >= 0.6 is 0 Å². The summed E-state index contributed by atoms with van der Waals surface area (Å²) in [4.78, 5) is 16.1. The van der Waals surface area contributed by atoms with Crippen LogP contribution in [0.3, 0.4) is 0 Å². The number of piperidine rings is 1. The summed E-state index contributed by atoms with van der Waals surface area (Å²) in [5.74, 6) is -0.723. The van der Waals surface area contributed by atoms with Crippen molar-refractivity contribution in [3.8, 4) is 17.2 Å². The third-order valence-electron chi connectivity index (χ3n) is 10.1. The van der Waals surface area contributed by atoms with Gasteiger partial charge in [0.1, 0.15) is 5.75 Å². The van der Waals surface area contributed by atoms with Crippen LogP contribution in [0.4, 0.5) is 0 Å². The number of allylic oxidation sites excluding steroid dienone is 1. The number of ether oxygens (including phenoxy) is 1. The molecule has 1 saturated carbocycles. The Balaban J connectivity index is 1.54. The van der Waals surface area contributed by atoms with Gasteiger partial charge >= 0.3 is 0 Å². The van der Waals surface area contributed by atoms with Gasteiger partial charge in [0.05, 0.1) is 17.6 Å². The minimum absolute atomic E-state index is 0.00313. The zero-order chi connectivity index (χ0) is 30.9. The van der Waals surface area contributed by atoms with E-state index in [1.807, 2.05) is 20.8 Å². The van der Waals surface area contributed by atoms with Crippen LogP contribution in [0.5, 0.6) is 17.2 Å². The Morgan fingerprint density at radius 3 is 2.47 bits per heavy atom. The Bertz CT molecular complexity index is 1580. The number of nitrogens with one attached hydrogen (secondary N) is 2. The monoisotopic (exact) mass is 611 g/mol. The molecule has 0 unspecified atom stereocenters. The van der Waals surface area contributed by atoms with E-state index in [0.717, 1.165) is 24.9 Å². The number of amides is 1. The van der Waals surface area contributed by atoms with Crippen molar-refractivity contribution in [2.45, 2.75) is 80.9 Å². The first kappa shape index (κ1) is 29.8. The van der Waals surface area contributed by atoms with Crippen LogP contribution in [0.2, 0.25) is 0 Å². The first-order valence-electron chi connectivity index (χ1n) is 15.0. The predicted octanol–water partition coefficient (Wildman–Crippen LogP) is 2.91. The number of benzene rings is 2. The highest BCUT2D eigenvalue weighted by atomic mass is 32.2. The Kier molecular flexibility index (Phi) is 7.21.